The quantitative estimate of drug-likeness (QED) is 0.415. The molecular formula is C10H19NO6. The third-order valence-electron chi connectivity index (χ3n) is 2.17. The van der Waals surface area contributed by atoms with Gasteiger partial charge in [-0.1, -0.05) is 0 Å². The summed E-state index contributed by atoms with van der Waals surface area (Å²) < 4.78 is 9.87. The predicted molar refractivity (Wildman–Crippen MR) is 58.6 cm³/mol. The van der Waals surface area contributed by atoms with Crippen LogP contribution in [0.2, 0.25) is 0 Å². The second-order valence-electron chi connectivity index (χ2n) is 3.47. The van der Waals surface area contributed by atoms with Crippen LogP contribution >= 0.6 is 0 Å². The molecule has 0 aliphatic carbocycles. The van der Waals surface area contributed by atoms with E-state index < -0.39 is 18.1 Å². The van der Waals surface area contributed by atoms with Crippen LogP contribution in [0.25, 0.3) is 0 Å². The molecule has 0 saturated carbocycles. The van der Waals surface area contributed by atoms with Gasteiger partial charge in [-0.25, -0.2) is 0 Å². The van der Waals surface area contributed by atoms with Gasteiger partial charge >= 0.3 is 5.97 Å². The maximum Gasteiger partial charge on any atom is 0.320 e. The summed E-state index contributed by atoms with van der Waals surface area (Å²) in [6, 6.07) is -1.05. The fourth-order valence-electron chi connectivity index (χ4n) is 1.13. The van der Waals surface area contributed by atoms with Crippen molar-refractivity contribution >= 4 is 11.8 Å². The molecule has 0 aromatic carbocycles. The van der Waals surface area contributed by atoms with Crippen molar-refractivity contribution in [3.8, 4) is 0 Å². The number of hydrogen-bond donors (Lipinski definition) is 3. The largest absolute Gasteiger partial charge is 0.480 e. The number of carbonyl (C=O) groups is 2. The molecule has 4 N–H and O–H groups in total. The van der Waals surface area contributed by atoms with Crippen LogP contribution in [0.5, 0.6) is 0 Å². The smallest absolute Gasteiger partial charge is 0.320 e. The van der Waals surface area contributed by atoms with Crippen molar-refractivity contribution < 1.29 is 29.3 Å². The lowest BCUT2D eigenvalue weighted by Crippen LogP contribution is -2.34. The summed E-state index contributed by atoms with van der Waals surface area (Å²) in [5, 5.41) is 17.0. The van der Waals surface area contributed by atoms with E-state index in [2.05, 4.69) is 0 Å². The molecule has 0 aromatic rings. The van der Waals surface area contributed by atoms with Gasteiger partial charge in [0.25, 0.3) is 0 Å². The maximum atomic E-state index is 11.6. The molecule has 17 heavy (non-hydrogen) atoms. The number of rotatable bonds is 10. The Hall–Kier alpha value is -1.02. The fourth-order valence-corrected chi connectivity index (χ4v) is 1.13. The third-order valence-corrected chi connectivity index (χ3v) is 2.17. The van der Waals surface area contributed by atoms with Crippen LogP contribution in [0, 0.1) is 0 Å². The van der Waals surface area contributed by atoms with Crippen LogP contribution in [0.4, 0.5) is 0 Å². The molecular weight excluding hydrogens is 230 g/mol. The Morgan fingerprint density at radius 3 is 2.53 bits per heavy atom. The summed E-state index contributed by atoms with van der Waals surface area (Å²) in [7, 11) is 1.36. The Morgan fingerprint density at radius 1 is 1.41 bits per heavy atom. The lowest BCUT2D eigenvalue weighted by molar-refractivity contribution is -0.139. The Balaban J connectivity index is 3.95. The van der Waals surface area contributed by atoms with Crippen molar-refractivity contribution in [2.24, 2.45) is 5.73 Å². The first kappa shape index (κ1) is 16.0. The molecule has 0 radical (unpaired) electrons. The van der Waals surface area contributed by atoms with E-state index in [1.54, 1.807) is 0 Å². The molecule has 100 valence electrons. The van der Waals surface area contributed by atoms with Crippen LogP contribution in [-0.4, -0.2) is 61.0 Å². The van der Waals surface area contributed by atoms with Gasteiger partial charge in [0.1, 0.15) is 12.1 Å². The molecule has 2 atom stereocenters. The summed E-state index contributed by atoms with van der Waals surface area (Å²) in [5.41, 5.74) is 5.27. The Kier molecular flexibility index (Phi) is 8.51. The number of ketones is 1. The van der Waals surface area contributed by atoms with Crippen LogP contribution in [0.15, 0.2) is 0 Å². The lowest BCUT2D eigenvalue weighted by atomic mass is 10.1. The summed E-state index contributed by atoms with van der Waals surface area (Å²) in [6.07, 6.45) is -0.662. The molecule has 7 heteroatoms. The molecule has 0 saturated heterocycles. The van der Waals surface area contributed by atoms with E-state index in [0.29, 0.717) is 0 Å². The van der Waals surface area contributed by atoms with E-state index in [9.17, 15) is 9.59 Å². The fraction of sp³-hybridized carbons (Fsp3) is 0.800. The minimum atomic E-state index is -1.14. The van der Waals surface area contributed by atoms with Crippen molar-refractivity contribution in [1.82, 2.24) is 0 Å². The zero-order valence-electron chi connectivity index (χ0n) is 9.80. The van der Waals surface area contributed by atoms with Gasteiger partial charge < -0.3 is 25.4 Å². The zero-order chi connectivity index (χ0) is 13.3. The molecule has 0 aliphatic heterocycles. The third kappa shape index (κ3) is 7.01. The summed E-state index contributed by atoms with van der Waals surface area (Å²) in [6.45, 7) is 0.0362. The highest BCUT2D eigenvalue weighted by Gasteiger charge is 2.20. The molecule has 2 unspecified atom stereocenters. The van der Waals surface area contributed by atoms with Gasteiger partial charge in [0, 0.05) is 13.5 Å². The zero-order valence-corrected chi connectivity index (χ0v) is 9.80. The number of aliphatic carboxylic acids is 1. The maximum absolute atomic E-state index is 11.6. The van der Waals surface area contributed by atoms with E-state index in [0.717, 1.165) is 0 Å². The highest BCUT2D eigenvalue weighted by molar-refractivity contribution is 5.84. The molecule has 0 heterocycles. The van der Waals surface area contributed by atoms with Gasteiger partial charge in [0.15, 0.2) is 5.78 Å². The number of Topliss-reactive ketones (excluding diaryl/α,β-unsaturated/α-hetero) is 1. The summed E-state index contributed by atoms with van der Waals surface area (Å²) >= 11 is 0. The number of methoxy groups -OCH3 is 1. The van der Waals surface area contributed by atoms with Crippen LogP contribution in [0.1, 0.15) is 12.8 Å². The monoisotopic (exact) mass is 249 g/mol. The highest BCUT2D eigenvalue weighted by atomic mass is 16.5. The number of aliphatic hydroxyl groups excluding tert-OH is 1. The number of aliphatic hydroxyl groups is 1. The molecule has 0 spiro atoms. The van der Waals surface area contributed by atoms with Gasteiger partial charge in [0.05, 0.1) is 19.8 Å². The molecule has 0 rings (SSSR count). The van der Waals surface area contributed by atoms with E-state index in [4.69, 9.17) is 25.4 Å². The van der Waals surface area contributed by atoms with Gasteiger partial charge in [-0.3, -0.25) is 9.59 Å². The highest BCUT2D eigenvalue weighted by Crippen LogP contribution is 2.03. The van der Waals surface area contributed by atoms with Gasteiger partial charge in [-0.2, -0.15) is 0 Å². The minimum Gasteiger partial charge on any atom is -0.480 e. The topological polar surface area (TPSA) is 119 Å². The lowest BCUT2D eigenvalue weighted by Gasteiger charge is -2.14. The molecule has 0 bridgehead atoms. The average molecular weight is 249 g/mol. The second kappa shape index (κ2) is 9.06. The average Bonchev–Trinajstić information content (AvgIpc) is 2.31. The van der Waals surface area contributed by atoms with E-state index in [1.165, 1.54) is 7.11 Å². The van der Waals surface area contributed by atoms with Gasteiger partial charge in [-0.05, 0) is 6.42 Å². The van der Waals surface area contributed by atoms with E-state index in [1.807, 2.05) is 0 Å². The second-order valence-corrected chi connectivity index (χ2v) is 3.47. The Labute approximate surface area is 99.5 Å². The normalized spacial score (nSPS) is 14.3. The van der Waals surface area contributed by atoms with E-state index in [-0.39, 0.29) is 38.4 Å². The SMILES string of the molecule is COC(COCCO)C(=O)CCC(N)C(=O)O. The number of carbonyl (C=O) groups excluding carboxylic acids is 1. The minimum absolute atomic E-state index is 0.0223. The molecule has 0 aliphatic rings. The van der Waals surface area contributed by atoms with Crippen molar-refractivity contribution in [3.63, 3.8) is 0 Å². The molecule has 0 amide bonds. The van der Waals surface area contributed by atoms with Gasteiger partial charge in [-0.15, -0.1) is 0 Å². The number of carboxylic acids is 1. The Morgan fingerprint density at radius 2 is 2.06 bits per heavy atom. The van der Waals surface area contributed by atoms with Crippen molar-refractivity contribution in [1.29, 1.82) is 0 Å². The molecule has 0 aromatic heterocycles. The number of hydrogen-bond acceptors (Lipinski definition) is 6. The predicted octanol–water partition coefficient (Wildman–Crippen LogP) is -1.23. The van der Waals surface area contributed by atoms with Crippen molar-refractivity contribution in [2.75, 3.05) is 26.9 Å². The Bertz CT molecular complexity index is 245. The first-order valence-electron chi connectivity index (χ1n) is 5.25. The van der Waals surface area contributed by atoms with Crippen LogP contribution in [-0.2, 0) is 19.1 Å². The van der Waals surface area contributed by atoms with Crippen molar-refractivity contribution in [2.45, 2.75) is 25.0 Å². The number of ether oxygens (including phenoxy) is 2. The first-order chi connectivity index (χ1) is 8.02. The summed E-state index contributed by atoms with van der Waals surface area (Å²) in [5.74, 6) is -1.40. The van der Waals surface area contributed by atoms with Crippen molar-refractivity contribution in [3.05, 3.63) is 0 Å². The molecule has 0 fully saturated rings. The standard InChI is InChI=1S/C10H19NO6/c1-16-9(6-17-5-4-12)8(13)3-2-7(11)10(14)15/h7,9,12H,2-6,11H2,1H3,(H,14,15). The van der Waals surface area contributed by atoms with Crippen LogP contribution < -0.4 is 5.73 Å². The number of nitrogens with two attached hydrogens (primary N) is 1. The molecule has 7 nitrogen and oxygen atoms in total. The number of carboxylic acid groups (broad SMARTS) is 1. The van der Waals surface area contributed by atoms with Crippen LogP contribution in [0.3, 0.4) is 0 Å². The first-order valence-corrected chi connectivity index (χ1v) is 5.25. The van der Waals surface area contributed by atoms with E-state index >= 15 is 0 Å². The summed E-state index contributed by atoms with van der Waals surface area (Å²) in [4.78, 5) is 22.0. The van der Waals surface area contributed by atoms with Gasteiger partial charge in [0.2, 0.25) is 0 Å².